The quantitative estimate of drug-likeness (QED) is 0.0148. The summed E-state index contributed by atoms with van der Waals surface area (Å²) in [4.78, 5) is 94.2. The maximum Gasteiger partial charge on any atom is 0.417 e. The molecule has 3 aliphatic rings. The molecule has 7 aromatic rings. The number of H-pyrrole nitrogens is 1. The van der Waals surface area contributed by atoms with Crippen molar-refractivity contribution in [2.75, 3.05) is 93.6 Å². The lowest BCUT2D eigenvalue weighted by Gasteiger charge is -2.23. The number of Topliss-reactive ketones (excluding diaryl/α,β-unsaturated/α-hetero) is 2. The molecule has 9 N–H and O–H groups in total. The molecule has 10 rings (SSSR count). The molecule has 0 aliphatic carbocycles. The van der Waals surface area contributed by atoms with Crippen LogP contribution in [-0.4, -0.2) is 226 Å². The highest BCUT2D eigenvalue weighted by Crippen LogP contribution is 2.35. The van der Waals surface area contributed by atoms with Crippen molar-refractivity contribution in [3.05, 3.63) is 161 Å². The summed E-state index contributed by atoms with van der Waals surface area (Å²) in [7, 11) is 4.02. The zero-order chi connectivity index (χ0) is 105. The third-order valence-corrected chi connectivity index (χ3v) is 12.6. The van der Waals surface area contributed by atoms with Gasteiger partial charge < -0.3 is 69.9 Å². The molecule has 570 valence electrons. The van der Waals surface area contributed by atoms with E-state index >= 15 is 0 Å². The van der Waals surface area contributed by atoms with Crippen molar-refractivity contribution in [2.24, 2.45) is 0 Å². The summed E-state index contributed by atoms with van der Waals surface area (Å²) < 4.78 is 257. The van der Waals surface area contributed by atoms with Crippen LogP contribution in [0.2, 0.25) is 5.02 Å². The van der Waals surface area contributed by atoms with Gasteiger partial charge >= 0.3 is 30.0 Å². The molecule has 4 unspecified atom stereocenters. The van der Waals surface area contributed by atoms with E-state index in [9.17, 15) is 63.3 Å². The number of aromatic amines is 1. The van der Waals surface area contributed by atoms with E-state index in [2.05, 4.69) is 88.3 Å². The minimum atomic E-state index is -3.84. The number of ketones is 2. The molecule has 2 saturated heterocycles. The normalized spacial score (nSPS) is 24.3. The zero-order valence-corrected chi connectivity index (χ0v) is 59.9. The topological polar surface area (TPSA) is 441 Å². The first-order chi connectivity index (χ1) is 60.9. The van der Waals surface area contributed by atoms with Crippen molar-refractivity contribution in [1.29, 1.82) is 5.26 Å². The van der Waals surface area contributed by atoms with Crippen molar-refractivity contribution in [3.63, 3.8) is 0 Å². The molecule has 0 bridgehead atoms. The van der Waals surface area contributed by atoms with E-state index in [0.717, 1.165) is 45.4 Å². The molecular formula is C70H88Br2ClFN12O19. The summed E-state index contributed by atoms with van der Waals surface area (Å²) in [6.45, 7) is -13.2. The van der Waals surface area contributed by atoms with Gasteiger partial charge in [-0.05, 0) is 81.7 Å². The van der Waals surface area contributed by atoms with Gasteiger partial charge in [-0.3, -0.25) is 38.4 Å². The molecule has 0 saturated carbocycles. The van der Waals surface area contributed by atoms with E-state index < -0.39 is 171 Å². The Morgan fingerprint density at radius 1 is 0.790 bits per heavy atom. The maximum atomic E-state index is 14.3. The Kier molecular flexibility index (Phi) is 23.8. The Labute approximate surface area is 669 Å². The van der Waals surface area contributed by atoms with Crippen LogP contribution in [0, 0.1) is 17.1 Å². The van der Waals surface area contributed by atoms with Crippen molar-refractivity contribution < 1.29 is 138 Å². The predicted octanol–water partition coefficient (Wildman–Crippen LogP) is 6.13. The summed E-state index contributed by atoms with van der Waals surface area (Å²) in [6, 6.07) is 31.1. The number of esters is 4. The number of carbonyl (C=O) groups is 8. The van der Waals surface area contributed by atoms with Gasteiger partial charge in [-0.25, -0.2) is 28.7 Å². The zero-order valence-electron chi connectivity index (χ0n) is 85.9. The van der Waals surface area contributed by atoms with E-state index in [1.165, 1.54) is 59.0 Å². The van der Waals surface area contributed by atoms with Gasteiger partial charge in [0.25, 0.3) is 17.5 Å². The molecular weight excluding hydrogens is 1530 g/mol. The largest absolute Gasteiger partial charge is 0.469 e. The molecule has 0 spiro atoms. The number of alkyl halides is 2. The standard InChI is InChI=1S/C19H15ClFN3O3.C14H17N3O.C10H11N3.C7H11N3O.2C6H8O5.C4H8Br2O.C4H10O3/c1-19(2,3)27-18(26)24-9-14-16(17(24)25)11(20)7-13(23-14)15-10(8-22)5-4-6-12(15)21;18-13-6-8-16(11-13)14-7-9-17(15-14)10-12-4-2-1-3-5-12;11-10-6-7-13(12-10)8-9-4-2-1-3-5-9;11-6-2-4-10(5-6)7-1-3-8-9-7;2*1-10-5(8)3-4(7)6(9)11-2;2*5-2-1-4(7)3-6/h4-7H,9H2,1-3H3;1-5,7,9,13,18H,6,8,10-11H2;1-7H,8H2,(H2,11,12);1,3,6,11H,2,4-5H2,(H,8,9);2*3H2,1-2H3;4,7H,1-3H2;4-7H,1-3H2/i;6D2,8D2,11D2,13D;;2D2,4D2,5D2,6D;3D2;;2*1D2,2D2,3D2,4D. The van der Waals surface area contributed by atoms with Crippen molar-refractivity contribution >= 4 is 108 Å². The predicted molar refractivity (Wildman–Crippen MR) is 390 cm³/mol. The Morgan fingerprint density at radius 2 is 1.36 bits per heavy atom. The number of nitrogens with two attached hydrogens (primary N) is 1. The number of imide groups is 1. The molecule has 3 aliphatic heterocycles. The van der Waals surface area contributed by atoms with E-state index in [4.69, 9.17) is 78.5 Å². The lowest BCUT2D eigenvalue weighted by molar-refractivity contribution is -0.155. The van der Waals surface area contributed by atoms with Crippen LogP contribution in [0.25, 0.3) is 11.3 Å². The highest BCUT2D eigenvalue weighted by molar-refractivity contribution is 9.09. The minimum absolute atomic E-state index is 0.00660. The minimum Gasteiger partial charge on any atom is -0.469 e. The van der Waals surface area contributed by atoms with Gasteiger partial charge in [-0.15, -0.1) is 0 Å². The Hall–Kier alpha value is -9.57. The number of halogens is 4. The first-order valence-corrected chi connectivity index (χ1v) is 30.9. The van der Waals surface area contributed by atoms with Crippen LogP contribution in [0.5, 0.6) is 0 Å². The smallest absolute Gasteiger partial charge is 0.417 e. The Balaban J connectivity index is 0.000000406. The highest BCUT2D eigenvalue weighted by atomic mass is 79.9. The van der Waals surface area contributed by atoms with Crippen molar-refractivity contribution in [1.82, 2.24) is 39.6 Å². The number of rotatable bonds is 19. The fourth-order valence-corrected chi connectivity index (χ4v) is 7.85. The van der Waals surface area contributed by atoms with E-state index in [1.807, 2.05) is 65.5 Å². The van der Waals surface area contributed by atoms with E-state index in [-0.39, 0.29) is 51.3 Å². The molecule has 35 heteroatoms. The maximum absolute atomic E-state index is 14.3. The summed E-state index contributed by atoms with van der Waals surface area (Å²) in [5, 5.41) is 73.2. The number of methoxy groups -OCH3 is 4. The molecule has 4 aromatic heterocycles. The number of fused-ring (bicyclic) bond motifs is 1. The lowest BCUT2D eigenvalue weighted by Crippen LogP contribution is -2.36. The molecule has 31 nitrogen and oxygen atoms in total. The van der Waals surface area contributed by atoms with Crippen LogP contribution < -0.4 is 15.5 Å². The molecule has 2 fully saturated rings. The number of nitrogen functional groups attached to an aromatic ring is 1. The van der Waals surface area contributed by atoms with Crippen LogP contribution in [0.4, 0.5) is 26.6 Å². The van der Waals surface area contributed by atoms with E-state index in [1.54, 1.807) is 26.8 Å². The number of hydrogen-bond acceptors (Lipinski definition) is 27. The van der Waals surface area contributed by atoms with Gasteiger partial charge in [0.15, 0.2) is 5.82 Å². The fourth-order valence-electron chi connectivity index (χ4n) is 7.27. The number of anilines is 3. The number of ether oxygens (including phenoxy) is 5. The van der Waals surface area contributed by atoms with Gasteiger partial charge in [0.05, 0.1) is 141 Å². The number of carbonyl (C=O) groups excluding carboxylic acids is 8. The molecule has 4 atom stereocenters. The summed E-state index contributed by atoms with van der Waals surface area (Å²) in [6.07, 6.45) is -26.6. The molecule has 3 aromatic carbocycles. The number of benzene rings is 3. The number of nitrogens with zero attached hydrogens (tertiary/aromatic N) is 10. The summed E-state index contributed by atoms with van der Waals surface area (Å²) in [5.41, 5.74) is 7.38. The third kappa shape index (κ3) is 33.0. The number of aliphatic hydroxyl groups is 6. The second-order valence-corrected chi connectivity index (χ2v) is 21.4. The van der Waals surface area contributed by atoms with Gasteiger partial charge in [0, 0.05) is 92.3 Å². The summed E-state index contributed by atoms with van der Waals surface area (Å²) >= 11 is 10.8. The second kappa shape index (κ2) is 47.7. The highest BCUT2D eigenvalue weighted by Gasteiger charge is 2.38. The van der Waals surface area contributed by atoms with Crippen LogP contribution in [0.15, 0.2) is 122 Å². The first-order valence-electron chi connectivity index (χ1n) is 43.9. The molecule has 7 heterocycles. The number of nitrogens with one attached hydrogen (secondary N) is 1. The average molecular weight is 1650 g/mol. The number of hydrogen-bond donors (Lipinski definition) is 8. The SMILES string of the molecule is CC(C)(C)OC(=O)N1Cc2nc(-c3c(F)cccc3C#N)cc(Cl)c2C1=O.COC(=O)CC(=O)C(=O)OC.Nc1ccn(Cc2ccccc2)n1.[2H]C([2H])(Br)C([2H])([2H])C([2H])(O)C([2H])([2H])Br.[2H]C([2H])(C(=O)OC)C(=O)C(=O)OC.[2H]C([2H])(O)C([2H])([2H])C([2H])(O)C([2H])([2H])O.[2H]C1([2H])N(c2ccn(Cc3ccccc3)n2)C([2H])([2H])C([2H])(O)C1([2H])[2H].[2H]C1([2H])N(c2ccn[nH]2)C([2H])([2H])C([2H])(O)C1([2H])[2H]. The molecule has 0 radical (unpaired) electrons. The van der Waals surface area contributed by atoms with Gasteiger partial charge in [-0.2, -0.15) is 20.6 Å². The second-order valence-electron chi connectivity index (χ2n) is 20.2. The van der Waals surface area contributed by atoms with Gasteiger partial charge in [0.1, 0.15) is 35.8 Å². The number of nitriles is 1. The van der Waals surface area contributed by atoms with Gasteiger partial charge in [0.2, 0.25) is 0 Å². The first kappa shape index (κ1) is 52.4. The lowest BCUT2D eigenvalue weighted by atomic mass is 10.0. The van der Waals surface area contributed by atoms with Crippen LogP contribution in [-0.2, 0) is 72.1 Å². The fraction of sp³-hybridized carbons (Fsp3) is 0.414. The third-order valence-electron chi connectivity index (χ3n) is 11.7. The molecule has 105 heavy (non-hydrogen) atoms. The van der Waals surface area contributed by atoms with E-state index in [0.29, 0.717) is 22.2 Å². The Morgan fingerprint density at radius 3 is 1.82 bits per heavy atom. The van der Waals surface area contributed by atoms with Crippen LogP contribution >= 0.6 is 43.5 Å². The summed E-state index contributed by atoms with van der Waals surface area (Å²) in [5.74, 6) is -8.16. The van der Waals surface area contributed by atoms with Crippen LogP contribution in [0.3, 0.4) is 0 Å². The van der Waals surface area contributed by atoms with Crippen LogP contribution in [0.1, 0.15) is 133 Å². The molecule has 2 amide bonds. The average Bonchev–Trinajstić information content (AvgIpc) is 1.52. The number of aromatic nitrogens is 7. The number of pyridine rings is 1. The number of amides is 2. The number of β-amino-alcohol motifs (C(OH)–C–C–N with tert-alkyl or cyclic N) is 2. The monoisotopic (exact) mass is 1640 g/mol. The van der Waals surface area contributed by atoms with Crippen molar-refractivity contribution in [2.45, 2.75) is 109 Å². The van der Waals surface area contributed by atoms with Gasteiger partial charge in [-0.1, -0.05) is 110 Å². The van der Waals surface area contributed by atoms with Crippen molar-refractivity contribution in [3.8, 4) is 17.3 Å². The Bertz CT molecular complexity index is 5230.